The Morgan fingerprint density at radius 2 is 2.00 bits per heavy atom. The second-order valence-electron chi connectivity index (χ2n) is 7.60. The lowest BCUT2D eigenvalue weighted by atomic mass is 9.88. The number of anilines is 1. The second kappa shape index (κ2) is 11.3. The van der Waals surface area contributed by atoms with Crippen molar-refractivity contribution in [2.75, 3.05) is 17.7 Å². The maximum absolute atomic E-state index is 13.2. The summed E-state index contributed by atoms with van der Waals surface area (Å²) in [6, 6.07) is 0.277. The first-order chi connectivity index (χ1) is 14.1. The maximum Gasteiger partial charge on any atom is 0.324 e. The molecule has 0 aromatic carbocycles. The van der Waals surface area contributed by atoms with Gasteiger partial charge < -0.3 is 14.7 Å². The molecule has 2 saturated carbocycles. The highest BCUT2D eigenvalue weighted by Crippen LogP contribution is 2.32. The number of ether oxygens (including phenoxy) is 1. The summed E-state index contributed by atoms with van der Waals surface area (Å²) in [5, 5.41) is 13.2. The van der Waals surface area contributed by atoms with Gasteiger partial charge in [-0.05, 0) is 32.6 Å². The third kappa shape index (κ3) is 6.67. The molecule has 1 aromatic heterocycles. The van der Waals surface area contributed by atoms with Crippen LogP contribution in [0, 0.1) is 0 Å². The quantitative estimate of drug-likeness (QED) is 0.462. The number of rotatable bonds is 8. The van der Waals surface area contributed by atoms with Gasteiger partial charge in [-0.2, -0.15) is 0 Å². The van der Waals surface area contributed by atoms with Crippen LogP contribution in [-0.4, -0.2) is 57.5 Å². The smallest absolute Gasteiger partial charge is 0.324 e. The van der Waals surface area contributed by atoms with E-state index in [1.807, 2.05) is 11.8 Å². The third-order valence-corrected chi connectivity index (χ3v) is 7.69. The summed E-state index contributed by atoms with van der Waals surface area (Å²) in [4.78, 5) is 31.2. The zero-order valence-corrected chi connectivity index (χ0v) is 18.6. The average Bonchev–Trinajstić information content (AvgIpc) is 3.16. The van der Waals surface area contributed by atoms with Gasteiger partial charge in [-0.3, -0.25) is 10.1 Å². The number of aliphatic hydroxyl groups excluding tert-OH is 1. The molecule has 0 bridgehead atoms. The number of aromatic nitrogens is 1. The maximum atomic E-state index is 13.2. The lowest BCUT2D eigenvalue weighted by molar-refractivity contribution is -0.121. The molecule has 162 valence electrons. The molecule has 3 rings (SSSR count). The summed E-state index contributed by atoms with van der Waals surface area (Å²) in [5.74, 6) is 0.731. The summed E-state index contributed by atoms with van der Waals surface area (Å²) in [6.45, 7) is 2.31. The highest BCUT2D eigenvalue weighted by atomic mass is 32.2. The first-order valence-electron chi connectivity index (χ1n) is 10.6. The number of nitrogens with one attached hydrogen (secondary N) is 1. The minimum absolute atomic E-state index is 0.100. The summed E-state index contributed by atoms with van der Waals surface area (Å²) < 4.78 is 6.05. The van der Waals surface area contributed by atoms with E-state index in [2.05, 4.69) is 10.3 Å². The van der Waals surface area contributed by atoms with Gasteiger partial charge in [0.15, 0.2) is 11.4 Å². The largest absolute Gasteiger partial charge is 0.367 e. The van der Waals surface area contributed by atoms with Crippen LogP contribution in [0.3, 0.4) is 0 Å². The highest BCUT2D eigenvalue weighted by Gasteiger charge is 2.34. The van der Waals surface area contributed by atoms with Crippen molar-refractivity contribution >= 4 is 40.0 Å². The van der Waals surface area contributed by atoms with E-state index in [1.54, 1.807) is 6.20 Å². The number of nitrogens with zero attached hydrogens (tertiary/aromatic N) is 2. The van der Waals surface area contributed by atoms with Crippen molar-refractivity contribution in [1.29, 1.82) is 0 Å². The Kier molecular flexibility index (Phi) is 8.77. The lowest BCUT2D eigenvalue weighted by Gasteiger charge is -2.41. The number of amides is 2. The minimum Gasteiger partial charge on any atom is -0.367 e. The second-order valence-corrected chi connectivity index (χ2v) is 9.96. The average molecular weight is 442 g/mol. The van der Waals surface area contributed by atoms with Crippen LogP contribution in [0.5, 0.6) is 0 Å². The monoisotopic (exact) mass is 441 g/mol. The molecule has 2 aliphatic rings. The first kappa shape index (κ1) is 22.5. The Morgan fingerprint density at radius 1 is 1.31 bits per heavy atom. The van der Waals surface area contributed by atoms with Crippen LogP contribution in [0.2, 0.25) is 0 Å². The molecule has 1 aromatic rings. The number of hydrogen-bond donors (Lipinski definition) is 2. The van der Waals surface area contributed by atoms with E-state index < -0.39 is 6.29 Å². The van der Waals surface area contributed by atoms with Gasteiger partial charge in [-0.15, -0.1) is 11.8 Å². The molecule has 29 heavy (non-hydrogen) atoms. The predicted octanol–water partition coefficient (Wildman–Crippen LogP) is 4.27. The Morgan fingerprint density at radius 3 is 2.69 bits per heavy atom. The molecule has 1 heterocycles. The number of urea groups is 1. The molecule has 2 fully saturated rings. The molecule has 1 atom stereocenters. The predicted molar refractivity (Wildman–Crippen MR) is 115 cm³/mol. The fourth-order valence-corrected chi connectivity index (χ4v) is 5.87. The van der Waals surface area contributed by atoms with Crippen LogP contribution < -0.4 is 5.32 Å². The van der Waals surface area contributed by atoms with Crippen molar-refractivity contribution in [2.45, 2.75) is 87.3 Å². The molecular formula is C20H31N3O4S2. The van der Waals surface area contributed by atoms with Gasteiger partial charge in [0, 0.05) is 37.3 Å². The SMILES string of the molecule is CCOC(O)CSc1cnc(NC(=O)N(C2CCCCC2)C2CCC(=O)CC2)s1. The van der Waals surface area contributed by atoms with E-state index in [0.29, 0.717) is 36.1 Å². The van der Waals surface area contributed by atoms with Crippen molar-refractivity contribution in [3.8, 4) is 0 Å². The van der Waals surface area contributed by atoms with Gasteiger partial charge in [-0.1, -0.05) is 30.6 Å². The van der Waals surface area contributed by atoms with Crippen LogP contribution in [0.15, 0.2) is 10.4 Å². The van der Waals surface area contributed by atoms with Crippen molar-refractivity contribution in [3.63, 3.8) is 0 Å². The van der Waals surface area contributed by atoms with Gasteiger partial charge in [0.05, 0.1) is 10.4 Å². The zero-order chi connectivity index (χ0) is 20.6. The van der Waals surface area contributed by atoms with Gasteiger partial charge >= 0.3 is 6.03 Å². The molecule has 9 heteroatoms. The Labute approximate surface area is 180 Å². The number of Topliss-reactive ketones (excluding diaryl/α,β-unsaturated/α-hetero) is 1. The van der Waals surface area contributed by atoms with E-state index in [-0.39, 0.29) is 18.1 Å². The normalized spacial score (nSPS) is 19.9. The third-order valence-electron chi connectivity index (χ3n) is 5.53. The first-order valence-corrected chi connectivity index (χ1v) is 12.4. The molecule has 0 radical (unpaired) electrons. The number of thiazole rings is 1. The fourth-order valence-electron chi connectivity index (χ4n) is 4.13. The number of carbonyl (C=O) groups is 2. The molecule has 0 spiro atoms. The van der Waals surface area contributed by atoms with Gasteiger partial charge in [0.2, 0.25) is 0 Å². The van der Waals surface area contributed by atoms with Crippen LogP contribution in [0.4, 0.5) is 9.93 Å². The minimum atomic E-state index is -0.805. The Hall–Kier alpha value is -1.16. The molecule has 0 saturated heterocycles. The standard InChI is InChI=1S/C20H31N3O4S2/c1-2-27-17(25)13-28-18-12-21-19(29-18)22-20(26)23(14-6-4-3-5-7-14)15-8-10-16(24)11-9-15/h12,14-15,17,25H,2-11,13H2,1H3,(H,21,22,26). The number of ketones is 1. The van der Waals surface area contributed by atoms with Crippen LogP contribution in [0.25, 0.3) is 0 Å². The topological polar surface area (TPSA) is 91.8 Å². The van der Waals surface area contributed by atoms with E-state index in [0.717, 1.165) is 42.7 Å². The molecule has 2 aliphatic carbocycles. The number of aliphatic hydroxyl groups is 1. The van der Waals surface area contributed by atoms with Crippen molar-refractivity contribution in [1.82, 2.24) is 9.88 Å². The summed E-state index contributed by atoms with van der Waals surface area (Å²) in [7, 11) is 0. The van der Waals surface area contributed by atoms with Crippen LogP contribution in [0.1, 0.15) is 64.7 Å². The van der Waals surface area contributed by atoms with E-state index >= 15 is 0 Å². The van der Waals surface area contributed by atoms with Crippen LogP contribution >= 0.6 is 23.1 Å². The van der Waals surface area contributed by atoms with E-state index in [1.165, 1.54) is 29.5 Å². The van der Waals surface area contributed by atoms with Gasteiger partial charge in [0.1, 0.15) is 5.78 Å². The number of hydrogen-bond acceptors (Lipinski definition) is 7. The molecular weight excluding hydrogens is 410 g/mol. The molecule has 1 unspecified atom stereocenters. The van der Waals surface area contributed by atoms with E-state index in [9.17, 15) is 14.7 Å². The molecule has 2 N–H and O–H groups in total. The summed E-state index contributed by atoms with van der Waals surface area (Å²) in [6.07, 6.45) is 9.18. The van der Waals surface area contributed by atoms with Crippen molar-refractivity contribution in [3.05, 3.63) is 6.20 Å². The summed E-state index contributed by atoms with van der Waals surface area (Å²) in [5.41, 5.74) is 0. The zero-order valence-electron chi connectivity index (χ0n) is 17.0. The number of carbonyl (C=O) groups excluding carboxylic acids is 2. The Bertz CT molecular complexity index is 668. The summed E-state index contributed by atoms with van der Waals surface area (Å²) >= 11 is 2.86. The van der Waals surface area contributed by atoms with Gasteiger partial charge in [-0.25, -0.2) is 9.78 Å². The Balaban J connectivity index is 1.61. The lowest BCUT2D eigenvalue weighted by Crippen LogP contribution is -2.51. The number of thioether (sulfide) groups is 1. The van der Waals surface area contributed by atoms with Gasteiger partial charge in [0.25, 0.3) is 0 Å². The fraction of sp³-hybridized carbons (Fsp3) is 0.750. The highest BCUT2D eigenvalue weighted by molar-refractivity contribution is 8.01. The molecule has 7 nitrogen and oxygen atoms in total. The van der Waals surface area contributed by atoms with Crippen LogP contribution in [-0.2, 0) is 9.53 Å². The van der Waals surface area contributed by atoms with Crippen molar-refractivity contribution in [2.24, 2.45) is 0 Å². The van der Waals surface area contributed by atoms with E-state index in [4.69, 9.17) is 4.74 Å². The molecule has 0 aliphatic heterocycles. The van der Waals surface area contributed by atoms with Crippen molar-refractivity contribution < 1.29 is 19.4 Å². The molecule has 2 amide bonds.